The summed E-state index contributed by atoms with van der Waals surface area (Å²) in [5.41, 5.74) is -1.17. The van der Waals surface area contributed by atoms with Gasteiger partial charge in [0.25, 0.3) is 5.91 Å². The number of fused-ring (bicyclic) bond motifs is 3. The lowest BCUT2D eigenvalue weighted by atomic mass is 9.71. The predicted octanol–water partition coefficient (Wildman–Crippen LogP) is 1.41. The Hall–Kier alpha value is -2.78. The summed E-state index contributed by atoms with van der Waals surface area (Å²) in [7, 11) is 0. The van der Waals surface area contributed by atoms with Crippen molar-refractivity contribution in [3.63, 3.8) is 0 Å². The van der Waals surface area contributed by atoms with Gasteiger partial charge in [-0.25, -0.2) is 0 Å². The first-order chi connectivity index (χ1) is 18.3. The van der Waals surface area contributed by atoms with E-state index in [1.165, 1.54) is 0 Å². The van der Waals surface area contributed by atoms with Crippen molar-refractivity contribution in [1.29, 1.82) is 0 Å². The monoisotopic (exact) mass is 525 g/mol. The summed E-state index contributed by atoms with van der Waals surface area (Å²) in [6.07, 6.45) is 7.20. The van der Waals surface area contributed by atoms with E-state index in [9.17, 15) is 29.4 Å². The quantitative estimate of drug-likeness (QED) is 0.385. The molecule has 4 atom stereocenters. The molecule has 206 valence electrons. The Kier molecular flexibility index (Phi) is 7.86. The van der Waals surface area contributed by atoms with Gasteiger partial charge in [0.2, 0.25) is 11.8 Å². The minimum absolute atomic E-state index is 0.0767. The van der Waals surface area contributed by atoms with Crippen LogP contribution in [-0.4, -0.2) is 69.9 Å². The van der Waals surface area contributed by atoms with E-state index in [2.05, 4.69) is 10.6 Å². The molecule has 9 heteroatoms. The summed E-state index contributed by atoms with van der Waals surface area (Å²) in [5, 5.41) is 27.3. The average molecular weight is 526 g/mol. The van der Waals surface area contributed by atoms with Gasteiger partial charge in [-0.15, -0.1) is 0 Å². The van der Waals surface area contributed by atoms with Crippen molar-refractivity contribution in [2.45, 2.75) is 87.9 Å². The maximum Gasteiger partial charge on any atom is 0.260 e. The molecule has 4 N–H and O–H groups in total. The number of nitrogens with one attached hydrogen (secondary N) is 2. The third-order valence-electron chi connectivity index (χ3n) is 9.41. The molecule has 1 aromatic carbocycles. The van der Waals surface area contributed by atoms with E-state index in [1.807, 2.05) is 18.2 Å². The summed E-state index contributed by atoms with van der Waals surface area (Å²) >= 11 is 0. The standard InChI is InChI=1S/C29H39N3O6/c33-17-24(34)23(16-19-14-15-30-26(19)35)31-27(36)25-18-10-12-22(13-11-18)32(25)28(37)29(38,21-8-4-5-9-21)20-6-2-1-3-7-20/h1-3,6-7,18-19,21-23,25,33,38H,4-5,8-17H2,(H,30,35)(H,31,36)/t18?,19-,22?,23+,25-,29+/m0/s1. The smallest absolute Gasteiger partial charge is 0.260 e. The van der Waals surface area contributed by atoms with Gasteiger partial charge in [-0.05, 0) is 62.8 Å². The average Bonchev–Trinajstić information content (AvgIpc) is 3.64. The molecule has 3 aliphatic heterocycles. The van der Waals surface area contributed by atoms with Gasteiger partial charge in [-0.2, -0.15) is 0 Å². The molecule has 9 nitrogen and oxygen atoms in total. The first kappa shape index (κ1) is 26.8. The predicted molar refractivity (Wildman–Crippen MR) is 138 cm³/mol. The molecule has 0 radical (unpaired) electrons. The summed E-state index contributed by atoms with van der Waals surface area (Å²) in [6, 6.07) is 7.09. The fourth-order valence-electron chi connectivity index (χ4n) is 7.34. The minimum atomic E-state index is -1.73. The molecule has 5 fully saturated rings. The van der Waals surface area contributed by atoms with Gasteiger partial charge in [0, 0.05) is 24.4 Å². The molecule has 2 bridgehead atoms. The number of aliphatic hydroxyl groups is 2. The largest absolute Gasteiger partial charge is 0.389 e. The van der Waals surface area contributed by atoms with E-state index >= 15 is 0 Å². The van der Waals surface area contributed by atoms with E-state index in [1.54, 1.807) is 17.0 Å². The fourth-order valence-corrected chi connectivity index (χ4v) is 7.34. The van der Waals surface area contributed by atoms with Crippen LogP contribution in [-0.2, 0) is 24.8 Å². The Labute approximate surface area is 223 Å². The van der Waals surface area contributed by atoms with Crippen LogP contribution in [0.1, 0.15) is 69.8 Å². The van der Waals surface area contributed by atoms with Gasteiger partial charge >= 0.3 is 0 Å². The van der Waals surface area contributed by atoms with E-state index in [0.29, 0.717) is 18.5 Å². The number of hydrogen-bond donors (Lipinski definition) is 4. The van der Waals surface area contributed by atoms with Crippen LogP contribution in [0.15, 0.2) is 30.3 Å². The molecule has 0 unspecified atom stereocenters. The second-order valence-corrected chi connectivity index (χ2v) is 11.5. The van der Waals surface area contributed by atoms with E-state index in [4.69, 9.17) is 0 Å². The molecule has 2 saturated carbocycles. The number of rotatable bonds is 9. The number of carbonyl (C=O) groups excluding carboxylic acids is 4. The lowest BCUT2D eigenvalue weighted by molar-refractivity contribution is -0.176. The second kappa shape index (κ2) is 11.1. The number of amides is 3. The van der Waals surface area contributed by atoms with E-state index in [-0.39, 0.29) is 30.2 Å². The molecule has 3 heterocycles. The summed E-state index contributed by atoms with van der Waals surface area (Å²) in [5.74, 6) is -2.30. The summed E-state index contributed by atoms with van der Waals surface area (Å²) < 4.78 is 0. The number of Topliss-reactive ketones (excluding diaryl/α,β-unsaturated/α-hetero) is 1. The van der Waals surface area contributed by atoms with Crippen molar-refractivity contribution in [2.24, 2.45) is 17.8 Å². The Morgan fingerprint density at radius 2 is 1.71 bits per heavy atom. The number of nitrogens with zero attached hydrogens (tertiary/aromatic N) is 1. The van der Waals surface area contributed by atoms with Crippen LogP contribution in [0.3, 0.4) is 0 Å². The molecular weight excluding hydrogens is 486 g/mol. The van der Waals surface area contributed by atoms with Crippen LogP contribution in [0.25, 0.3) is 0 Å². The Bertz CT molecular complexity index is 1050. The fraction of sp³-hybridized carbons (Fsp3) is 0.655. The molecule has 1 aromatic rings. The lowest BCUT2D eigenvalue weighted by Crippen LogP contribution is -2.67. The zero-order chi connectivity index (χ0) is 26.9. The first-order valence-corrected chi connectivity index (χ1v) is 14.2. The number of ketones is 1. The third-order valence-corrected chi connectivity index (χ3v) is 9.41. The van der Waals surface area contributed by atoms with Crippen LogP contribution >= 0.6 is 0 Å². The van der Waals surface area contributed by atoms with Crippen molar-refractivity contribution in [3.05, 3.63) is 35.9 Å². The van der Waals surface area contributed by atoms with Crippen molar-refractivity contribution in [3.8, 4) is 0 Å². The molecular formula is C29H39N3O6. The molecule has 6 rings (SSSR count). The van der Waals surface area contributed by atoms with E-state index in [0.717, 1.165) is 51.4 Å². The second-order valence-electron chi connectivity index (χ2n) is 11.5. The maximum atomic E-state index is 14.4. The van der Waals surface area contributed by atoms with Crippen molar-refractivity contribution in [2.75, 3.05) is 13.2 Å². The molecule has 2 aliphatic carbocycles. The zero-order valence-corrected chi connectivity index (χ0v) is 21.8. The van der Waals surface area contributed by atoms with E-state index < -0.39 is 47.8 Å². The molecule has 38 heavy (non-hydrogen) atoms. The number of hydrogen-bond acceptors (Lipinski definition) is 6. The Balaban J connectivity index is 1.44. The van der Waals surface area contributed by atoms with Gasteiger partial charge in [0.1, 0.15) is 12.6 Å². The summed E-state index contributed by atoms with van der Waals surface area (Å²) in [6.45, 7) is -0.223. The Morgan fingerprint density at radius 3 is 2.32 bits per heavy atom. The van der Waals surface area contributed by atoms with Gasteiger partial charge in [0.05, 0.1) is 6.04 Å². The summed E-state index contributed by atoms with van der Waals surface area (Å²) in [4.78, 5) is 54.7. The lowest BCUT2D eigenvalue weighted by Gasteiger charge is -2.53. The van der Waals surface area contributed by atoms with Gasteiger partial charge in [-0.1, -0.05) is 43.2 Å². The van der Waals surface area contributed by atoms with Gasteiger partial charge < -0.3 is 25.7 Å². The highest BCUT2D eigenvalue weighted by Crippen LogP contribution is 2.46. The SMILES string of the molecule is O=C1NCC[C@H]1C[C@@H](NC(=O)[C@@H]1C2CCC(CC2)N1C(=O)[C@@](O)(c1ccccc1)C1CCCC1)C(=O)CO. The Morgan fingerprint density at radius 1 is 1.03 bits per heavy atom. The number of piperidine rings is 2. The highest BCUT2D eigenvalue weighted by atomic mass is 16.3. The highest BCUT2D eigenvalue weighted by Gasteiger charge is 2.55. The van der Waals surface area contributed by atoms with Crippen molar-refractivity contribution >= 4 is 23.5 Å². The van der Waals surface area contributed by atoms with Crippen LogP contribution in [0.2, 0.25) is 0 Å². The maximum absolute atomic E-state index is 14.4. The molecule has 5 aliphatic rings. The third kappa shape index (κ3) is 4.86. The van der Waals surface area contributed by atoms with Gasteiger partial charge in [-0.3, -0.25) is 19.2 Å². The first-order valence-electron chi connectivity index (χ1n) is 14.2. The van der Waals surface area contributed by atoms with Crippen LogP contribution in [0, 0.1) is 17.8 Å². The molecule has 0 spiro atoms. The van der Waals surface area contributed by atoms with Crippen molar-refractivity contribution in [1.82, 2.24) is 15.5 Å². The zero-order valence-electron chi connectivity index (χ0n) is 21.8. The number of aliphatic hydroxyl groups excluding tert-OH is 1. The van der Waals surface area contributed by atoms with Crippen LogP contribution in [0.5, 0.6) is 0 Å². The number of carbonyl (C=O) groups is 4. The molecule has 3 amide bonds. The van der Waals surface area contributed by atoms with Crippen LogP contribution < -0.4 is 10.6 Å². The highest BCUT2D eigenvalue weighted by molar-refractivity contribution is 5.96. The molecule has 0 aromatic heterocycles. The normalized spacial score (nSPS) is 29.5. The number of benzene rings is 1. The van der Waals surface area contributed by atoms with Crippen LogP contribution in [0.4, 0.5) is 0 Å². The topological polar surface area (TPSA) is 136 Å². The van der Waals surface area contributed by atoms with Gasteiger partial charge in [0.15, 0.2) is 11.4 Å². The van der Waals surface area contributed by atoms with Crippen molar-refractivity contribution < 1.29 is 29.4 Å². The molecule has 3 saturated heterocycles. The minimum Gasteiger partial charge on any atom is -0.389 e.